The third-order valence-corrected chi connectivity index (χ3v) is 4.79. The van der Waals surface area contributed by atoms with Gasteiger partial charge in [0.1, 0.15) is 16.4 Å². The maximum absolute atomic E-state index is 12.3. The SMILES string of the molecule is COCCCN(C)S(=O)(=O)c1cc(CCl)oc1C. The van der Waals surface area contributed by atoms with Crippen molar-refractivity contribution in [3.63, 3.8) is 0 Å². The van der Waals surface area contributed by atoms with Crippen LogP contribution in [-0.2, 0) is 20.6 Å². The second-order valence-electron chi connectivity index (χ2n) is 3.94. The number of aryl methyl sites for hydroxylation is 1. The molecule has 0 aliphatic heterocycles. The quantitative estimate of drug-likeness (QED) is 0.570. The van der Waals surface area contributed by atoms with Gasteiger partial charge in [-0.1, -0.05) is 0 Å². The first-order valence-corrected chi connectivity index (χ1v) is 7.51. The molecule has 0 radical (unpaired) electrons. The third-order valence-electron chi connectivity index (χ3n) is 2.56. The molecule has 7 heteroatoms. The zero-order valence-electron chi connectivity index (χ0n) is 10.8. The number of hydrogen-bond acceptors (Lipinski definition) is 4. The lowest BCUT2D eigenvalue weighted by molar-refractivity contribution is 0.189. The molecule has 0 fully saturated rings. The smallest absolute Gasteiger partial charge is 0.246 e. The van der Waals surface area contributed by atoms with Gasteiger partial charge in [0.15, 0.2) is 0 Å². The number of methoxy groups -OCH3 is 1. The predicted molar refractivity (Wildman–Crippen MR) is 69.3 cm³/mol. The molecule has 18 heavy (non-hydrogen) atoms. The molecule has 0 saturated heterocycles. The normalized spacial score (nSPS) is 12.3. The van der Waals surface area contributed by atoms with Crippen LogP contribution in [0.1, 0.15) is 17.9 Å². The molecule has 1 aromatic rings. The Morgan fingerprint density at radius 1 is 1.50 bits per heavy atom. The summed E-state index contributed by atoms with van der Waals surface area (Å²) < 4.78 is 36.0. The third kappa shape index (κ3) is 3.47. The van der Waals surface area contributed by atoms with Crippen molar-refractivity contribution >= 4 is 21.6 Å². The van der Waals surface area contributed by atoms with Gasteiger partial charge in [0.25, 0.3) is 0 Å². The van der Waals surface area contributed by atoms with E-state index in [0.29, 0.717) is 31.1 Å². The fraction of sp³-hybridized carbons (Fsp3) is 0.636. The molecule has 5 nitrogen and oxygen atoms in total. The number of alkyl halides is 1. The monoisotopic (exact) mass is 295 g/mol. The van der Waals surface area contributed by atoms with Gasteiger partial charge in [0, 0.05) is 33.4 Å². The Kier molecular flexibility index (Phi) is 5.65. The van der Waals surface area contributed by atoms with E-state index in [1.54, 1.807) is 14.0 Å². The summed E-state index contributed by atoms with van der Waals surface area (Å²) in [6, 6.07) is 1.48. The van der Waals surface area contributed by atoms with E-state index in [-0.39, 0.29) is 10.8 Å². The molecule has 0 aromatic carbocycles. The van der Waals surface area contributed by atoms with E-state index in [9.17, 15) is 8.42 Å². The van der Waals surface area contributed by atoms with Gasteiger partial charge >= 0.3 is 0 Å². The summed E-state index contributed by atoms with van der Waals surface area (Å²) in [6.07, 6.45) is 0.644. The molecule has 0 aliphatic rings. The van der Waals surface area contributed by atoms with E-state index in [1.165, 1.54) is 17.4 Å². The van der Waals surface area contributed by atoms with E-state index in [4.69, 9.17) is 20.8 Å². The second-order valence-corrected chi connectivity index (χ2v) is 6.22. The largest absolute Gasteiger partial charge is 0.464 e. The van der Waals surface area contributed by atoms with Crippen LogP contribution in [0.15, 0.2) is 15.4 Å². The van der Waals surface area contributed by atoms with Crippen LogP contribution in [0.5, 0.6) is 0 Å². The number of ether oxygens (including phenoxy) is 1. The number of halogens is 1. The summed E-state index contributed by atoms with van der Waals surface area (Å²) in [5, 5.41) is 0. The maximum atomic E-state index is 12.3. The van der Waals surface area contributed by atoms with Crippen LogP contribution >= 0.6 is 11.6 Å². The van der Waals surface area contributed by atoms with Crippen molar-refractivity contribution in [1.82, 2.24) is 4.31 Å². The topological polar surface area (TPSA) is 59.8 Å². The Balaban J connectivity index is 2.87. The minimum atomic E-state index is -3.51. The van der Waals surface area contributed by atoms with Gasteiger partial charge in [-0.3, -0.25) is 0 Å². The maximum Gasteiger partial charge on any atom is 0.246 e. The standard InChI is InChI=1S/C11H18ClNO4S/c1-9-11(7-10(8-12)17-9)18(14,15)13(2)5-4-6-16-3/h7H,4-6,8H2,1-3H3. The molecule has 1 heterocycles. The molecule has 1 rings (SSSR count). The summed E-state index contributed by atoms with van der Waals surface area (Å²) in [5.41, 5.74) is 0. The predicted octanol–water partition coefficient (Wildman–Crippen LogP) is 1.98. The first kappa shape index (κ1) is 15.5. The number of sulfonamides is 1. The number of hydrogen-bond donors (Lipinski definition) is 0. The highest BCUT2D eigenvalue weighted by atomic mass is 35.5. The average molecular weight is 296 g/mol. The summed E-state index contributed by atoms with van der Waals surface area (Å²) >= 11 is 5.63. The summed E-state index contributed by atoms with van der Waals surface area (Å²) in [5.74, 6) is 0.978. The van der Waals surface area contributed by atoms with Crippen molar-refractivity contribution in [3.05, 3.63) is 17.6 Å². The highest BCUT2D eigenvalue weighted by molar-refractivity contribution is 7.89. The second kappa shape index (κ2) is 6.56. The lowest BCUT2D eigenvalue weighted by atomic mass is 10.4. The Labute approximate surface area is 113 Å². The fourth-order valence-electron chi connectivity index (χ4n) is 1.57. The molecule has 0 unspecified atom stereocenters. The molecular weight excluding hydrogens is 278 g/mol. The van der Waals surface area contributed by atoms with Gasteiger partial charge in [-0.15, -0.1) is 11.6 Å². The average Bonchev–Trinajstić information content (AvgIpc) is 2.71. The molecule has 0 N–H and O–H groups in total. The molecule has 104 valence electrons. The van der Waals surface area contributed by atoms with Crippen LogP contribution in [0.25, 0.3) is 0 Å². The van der Waals surface area contributed by atoms with Gasteiger partial charge in [-0.05, 0) is 13.3 Å². The molecule has 1 aromatic heterocycles. The summed E-state index contributed by atoms with van der Waals surface area (Å²) in [6.45, 7) is 2.54. The van der Waals surface area contributed by atoms with Crippen molar-refractivity contribution in [2.75, 3.05) is 27.3 Å². The highest BCUT2D eigenvalue weighted by Crippen LogP contribution is 2.23. The van der Waals surface area contributed by atoms with E-state index in [1.807, 2.05) is 0 Å². The molecule has 0 spiro atoms. The first-order chi connectivity index (χ1) is 8.43. The van der Waals surface area contributed by atoms with Crippen molar-refractivity contribution < 1.29 is 17.6 Å². The first-order valence-electron chi connectivity index (χ1n) is 5.54. The highest BCUT2D eigenvalue weighted by Gasteiger charge is 2.25. The zero-order chi connectivity index (χ0) is 13.8. The van der Waals surface area contributed by atoms with E-state index < -0.39 is 10.0 Å². The lowest BCUT2D eigenvalue weighted by Crippen LogP contribution is -2.28. The molecule has 0 amide bonds. The van der Waals surface area contributed by atoms with Crippen molar-refractivity contribution in [2.45, 2.75) is 24.1 Å². The van der Waals surface area contributed by atoms with Crippen molar-refractivity contribution in [1.29, 1.82) is 0 Å². The van der Waals surface area contributed by atoms with Crippen LogP contribution < -0.4 is 0 Å². The minimum Gasteiger partial charge on any atom is -0.464 e. The van der Waals surface area contributed by atoms with Gasteiger partial charge in [-0.2, -0.15) is 0 Å². The Morgan fingerprint density at radius 2 is 2.17 bits per heavy atom. The van der Waals surface area contributed by atoms with Crippen LogP contribution in [0.4, 0.5) is 0 Å². The fourth-order valence-corrected chi connectivity index (χ4v) is 3.09. The van der Waals surface area contributed by atoms with Gasteiger partial charge in [-0.25, -0.2) is 12.7 Å². The minimum absolute atomic E-state index is 0.156. The Morgan fingerprint density at radius 3 is 2.67 bits per heavy atom. The van der Waals surface area contributed by atoms with Crippen LogP contribution in [0.3, 0.4) is 0 Å². The molecular formula is C11H18ClNO4S. The summed E-state index contributed by atoms with van der Waals surface area (Å²) in [4.78, 5) is 0.179. The van der Waals surface area contributed by atoms with Crippen LogP contribution in [-0.4, -0.2) is 40.0 Å². The Hall–Kier alpha value is -0.560. The van der Waals surface area contributed by atoms with Crippen molar-refractivity contribution in [3.8, 4) is 0 Å². The zero-order valence-corrected chi connectivity index (χ0v) is 12.3. The lowest BCUT2D eigenvalue weighted by Gasteiger charge is -2.16. The van der Waals surface area contributed by atoms with Gasteiger partial charge < -0.3 is 9.15 Å². The van der Waals surface area contributed by atoms with Crippen molar-refractivity contribution in [2.24, 2.45) is 0 Å². The Bertz CT molecular complexity index is 483. The molecule has 0 saturated carbocycles. The van der Waals surface area contributed by atoms with Crippen LogP contribution in [0, 0.1) is 6.92 Å². The van der Waals surface area contributed by atoms with Gasteiger partial charge in [0.05, 0.1) is 5.88 Å². The number of rotatable bonds is 7. The van der Waals surface area contributed by atoms with E-state index in [2.05, 4.69) is 0 Å². The number of nitrogens with zero attached hydrogens (tertiary/aromatic N) is 1. The van der Waals surface area contributed by atoms with E-state index in [0.717, 1.165) is 0 Å². The van der Waals surface area contributed by atoms with Crippen LogP contribution in [0.2, 0.25) is 0 Å². The molecule has 0 bridgehead atoms. The molecule has 0 atom stereocenters. The van der Waals surface area contributed by atoms with E-state index >= 15 is 0 Å². The molecule has 0 aliphatic carbocycles. The number of furan rings is 1. The summed E-state index contributed by atoms with van der Waals surface area (Å²) in [7, 11) is -0.390. The van der Waals surface area contributed by atoms with Gasteiger partial charge in [0.2, 0.25) is 10.0 Å².